The van der Waals surface area contributed by atoms with Gasteiger partial charge < -0.3 is 16.4 Å². The largest absolute Gasteiger partial charge is 0.369 e. The maximum atomic E-state index is 12.9. The first-order valence-corrected chi connectivity index (χ1v) is 7.81. The van der Waals surface area contributed by atoms with Crippen molar-refractivity contribution in [2.45, 2.75) is 39.7 Å². The Kier molecular flexibility index (Phi) is 9.88. The van der Waals surface area contributed by atoms with Gasteiger partial charge >= 0.3 is 0 Å². The molecule has 0 saturated carbocycles. The van der Waals surface area contributed by atoms with Crippen molar-refractivity contribution in [3.63, 3.8) is 0 Å². The molecule has 136 valence electrons. The van der Waals surface area contributed by atoms with E-state index in [1.165, 1.54) is 12.1 Å². The smallest absolute Gasteiger partial charge is 0.222 e. The maximum absolute atomic E-state index is 12.9. The van der Waals surface area contributed by atoms with Crippen LogP contribution in [0.4, 0.5) is 4.39 Å². The van der Waals surface area contributed by atoms with Crippen LogP contribution < -0.4 is 16.4 Å². The van der Waals surface area contributed by atoms with Crippen LogP contribution in [0, 0.1) is 11.7 Å². The van der Waals surface area contributed by atoms with Crippen molar-refractivity contribution in [2.24, 2.45) is 16.6 Å². The molecule has 0 bridgehead atoms. The molecule has 0 fully saturated rings. The molecule has 5 nitrogen and oxygen atoms in total. The zero-order valence-electron chi connectivity index (χ0n) is 14.7. The molecule has 0 aliphatic heterocycles. The summed E-state index contributed by atoms with van der Waals surface area (Å²) in [7, 11) is 0. The number of hydrogen-bond donors (Lipinski definition) is 3. The summed E-state index contributed by atoms with van der Waals surface area (Å²) in [4.78, 5) is 16.1. The molecule has 1 rings (SSSR count). The fraction of sp³-hybridized carbons (Fsp3) is 0.529. The quantitative estimate of drug-likeness (QED) is 0.354. The summed E-state index contributed by atoms with van der Waals surface area (Å²) >= 11 is 0. The Hall–Kier alpha value is -1.38. The van der Waals surface area contributed by atoms with Crippen molar-refractivity contribution in [3.05, 3.63) is 35.6 Å². The van der Waals surface area contributed by atoms with Gasteiger partial charge in [-0.25, -0.2) is 4.39 Å². The normalized spacial score (nSPS) is 13.0. The van der Waals surface area contributed by atoms with Crippen LogP contribution in [0.5, 0.6) is 0 Å². The molecule has 0 aromatic heterocycles. The molecule has 1 aromatic rings. The Balaban J connectivity index is 0.00000529. The summed E-state index contributed by atoms with van der Waals surface area (Å²) in [5.74, 6) is -0.503. The van der Waals surface area contributed by atoms with E-state index in [4.69, 9.17) is 5.73 Å². The Morgan fingerprint density at radius 2 is 1.88 bits per heavy atom. The maximum Gasteiger partial charge on any atom is 0.222 e. The van der Waals surface area contributed by atoms with E-state index in [1.807, 2.05) is 27.7 Å². The number of carbonyl (C=O) groups is 1. The van der Waals surface area contributed by atoms with Gasteiger partial charge in [-0.2, -0.15) is 0 Å². The summed E-state index contributed by atoms with van der Waals surface area (Å²) in [5, 5.41) is 6.40. The molecule has 0 heterocycles. The number of nitrogens with two attached hydrogens (primary N) is 1. The van der Waals surface area contributed by atoms with E-state index < -0.39 is 11.8 Å². The van der Waals surface area contributed by atoms with Gasteiger partial charge in [0.15, 0.2) is 5.96 Å². The van der Waals surface area contributed by atoms with E-state index in [1.54, 1.807) is 12.1 Å². The fourth-order valence-electron chi connectivity index (χ4n) is 2.02. The lowest BCUT2D eigenvalue weighted by Gasteiger charge is -2.24. The molecular weight excluding hydrogens is 422 g/mol. The molecular formula is C17H28FIN4O. The number of benzene rings is 1. The number of hydrogen-bond acceptors (Lipinski definition) is 2. The summed E-state index contributed by atoms with van der Waals surface area (Å²) in [5.41, 5.74) is 6.20. The molecule has 1 amide bonds. The van der Waals surface area contributed by atoms with Crippen LogP contribution in [0.2, 0.25) is 0 Å². The zero-order valence-corrected chi connectivity index (χ0v) is 17.1. The van der Waals surface area contributed by atoms with Gasteiger partial charge in [-0.3, -0.25) is 9.79 Å². The van der Waals surface area contributed by atoms with E-state index in [9.17, 15) is 9.18 Å². The highest BCUT2D eigenvalue weighted by molar-refractivity contribution is 14.0. The van der Waals surface area contributed by atoms with Gasteiger partial charge in [0.1, 0.15) is 5.82 Å². The first-order chi connectivity index (χ1) is 10.7. The molecule has 0 spiro atoms. The third-order valence-corrected chi connectivity index (χ3v) is 3.11. The minimum atomic E-state index is -0.434. The lowest BCUT2D eigenvalue weighted by atomic mass is 9.99. The van der Waals surface area contributed by atoms with Gasteiger partial charge in [-0.05, 0) is 51.8 Å². The zero-order chi connectivity index (χ0) is 17.5. The van der Waals surface area contributed by atoms with Crippen LogP contribution in [-0.2, 0) is 11.2 Å². The second kappa shape index (κ2) is 10.5. The Labute approximate surface area is 160 Å². The van der Waals surface area contributed by atoms with E-state index in [2.05, 4.69) is 15.6 Å². The highest BCUT2D eigenvalue weighted by Gasteiger charge is 2.17. The molecule has 7 heteroatoms. The van der Waals surface area contributed by atoms with Crippen molar-refractivity contribution in [2.75, 3.05) is 13.1 Å². The number of halogens is 2. The number of nitrogens with zero attached hydrogens (tertiary/aromatic N) is 1. The monoisotopic (exact) mass is 450 g/mol. The summed E-state index contributed by atoms with van der Waals surface area (Å²) < 4.78 is 12.9. The summed E-state index contributed by atoms with van der Waals surface area (Å²) in [6.45, 7) is 9.07. The number of amides is 1. The third kappa shape index (κ3) is 9.05. The topological polar surface area (TPSA) is 79.5 Å². The lowest BCUT2D eigenvalue weighted by Crippen LogP contribution is -2.48. The van der Waals surface area contributed by atoms with Crippen molar-refractivity contribution in [1.29, 1.82) is 0 Å². The molecule has 0 radical (unpaired) electrons. The van der Waals surface area contributed by atoms with Gasteiger partial charge in [-0.1, -0.05) is 12.1 Å². The predicted octanol–water partition coefficient (Wildman–Crippen LogP) is 2.44. The molecule has 1 aromatic carbocycles. The van der Waals surface area contributed by atoms with Crippen LogP contribution in [-0.4, -0.2) is 30.5 Å². The predicted molar refractivity (Wildman–Crippen MR) is 107 cm³/mol. The highest BCUT2D eigenvalue weighted by Crippen LogP contribution is 2.11. The first kappa shape index (κ1) is 22.6. The van der Waals surface area contributed by atoms with Crippen LogP contribution in [0.15, 0.2) is 29.3 Å². The number of carbonyl (C=O) groups excluding carboxylic acids is 1. The SMILES string of the molecule is CCNC(=NCC(Cc1ccc(F)cc1)C(N)=O)NC(C)(C)C.I. The molecule has 4 N–H and O–H groups in total. The van der Waals surface area contributed by atoms with Crippen LogP contribution >= 0.6 is 24.0 Å². The van der Waals surface area contributed by atoms with E-state index in [-0.39, 0.29) is 41.9 Å². The number of aliphatic imine (C=N–C) groups is 1. The minimum Gasteiger partial charge on any atom is -0.369 e. The second-order valence-corrected chi connectivity index (χ2v) is 6.52. The van der Waals surface area contributed by atoms with Crippen molar-refractivity contribution in [1.82, 2.24) is 10.6 Å². The molecule has 0 aliphatic carbocycles. The van der Waals surface area contributed by atoms with Gasteiger partial charge in [-0.15, -0.1) is 24.0 Å². The Morgan fingerprint density at radius 3 is 2.33 bits per heavy atom. The van der Waals surface area contributed by atoms with Crippen molar-refractivity contribution in [3.8, 4) is 0 Å². The lowest BCUT2D eigenvalue weighted by molar-refractivity contribution is -0.121. The fourth-order valence-corrected chi connectivity index (χ4v) is 2.02. The molecule has 1 atom stereocenters. The molecule has 1 unspecified atom stereocenters. The summed E-state index contributed by atoms with van der Waals surface area (Å²) in [6.07, 6.45) is 0.439. The minimum absolute atomic E-state index is 0. The number of nitrogens with one attached hydrogen (secondary N) is 2. The highest BCUT2D eigenvalue weighted by atomic mass is 127. The van der Waals surface area contributed by atoms with Crippen molar-refractivity contribution < 1.29 is 9.18 Å². The van der Waals surface area contributed by atoms with E-state index >= 15 is 0 Å². The number of primary amides is 1. The average Bonchev–Trinajstić information content (AvgIpc) is 2.43. The van der Waals surface area contributed by atoms with Crippen LogP contribution in [0.3, 0.4) is 0 Å². The number of guanidine groups is 1. The average molecular weight is 450 g/mol. The van der Waals surface area contributed by atoms with Crippen molar-refractivity contribution >= 4 is 35.8 Å². The van der Waals surface area contributed by atoms with Crippen LogP contribution in [0.1, 0.15) is 33.3 Å². The van der Waals surface area contributed by atoms with Gasteiger partial charge in [0, 0.05) is 12.1 Å². The van der Waals surface area contributed by atoms with E-state index in [0.717, 1.165) is 12.1 Å². The van der Waals surface area contributed by atoms with E-state index in [0.29, 0.717) is 12.4 Å². The Bertz CT molecular complexity index is 541. The molecule has 0 aliphatic rings. The summed E-state index contributed by atoms with van der Waals surface area (Å²) in [6, 6.07) is 6.07. The molecule has 24 heavy (non-hydrogen) atoms. The second-order valence-electron chi connectivity index (χ2n) is 6.52. The Morgan fingerprint density at radius 1 is 1.29 bits per heavy atom. The van der Waals surface area contributed by atoms with Gasteiger partial charge in [0.05, 0.1) is 12.5 Å². The van der Waals surface area contributed by atoms with Crippen LogP contribution in [0.25, 0.3) is 0 Å². The van der Waals surface area contributed by atoms with Gasteiger partial charge in [0.25, 0.3) is 0 Å². The number of rotatable bonds is 6. The third-order valence-electron chi connectivity index (χ3n) is 3.11. The first-order valence-electron chi connectivity index (χ1n) is 7.81. The standard InChI is InChI=1S/C17H27FN4O.HI/c1-5-20-16(22-17(2,3)4)21-11-13(15(19)23)10-12-6-8-14(18)9-7-12;/h6-9,13H,5,10-11H2,1-4H3,(H2,19,23)(H2,20,21,22);1H. The van der Waals surface area contributed by atoms with Gasteiger partial charge in [0.2, 0.25) is 5.91 Å². The molecule has 0 saturated heterocycles.